The van der Waals surface area contributed by atoms with Gasteiger partial charge < -0.3 is 14.2 Å². The Labute approximate surface area is 113 Å². The molecule has 0 aromatic heterocycles. The predicted molar refractivity (Wildman–Crippen MR) is 71.8 cm³/mol. The number of benzene rings is 1. The maximum absolute atomic E-state index is 5.77. The van der Waals surface area contributed by atoms with Gasteiger partial charge in [-0.3, -0.25) is 0 Å². The Hall–Kier alpha value is -1.21. The zero-order valence-electron chi connectivity index (χ0n) is 10.6. The standard InChI is InChI=1S/C14H17ClO3/c1-3-16-14(17-4-2)6-5-11-18-13-9-7-12(15)8-10-13/h7-10,14H,3-4,11H2,1-2H3. The molecule has 18 heavy (non-hydrogen) atoms. The number of hydrogen-bond donors (Lipinski definition) is 0. The van der Waals surface area contributed by atoms with Crippen molar-refractivity contribution in [1.29, 1.82) is 0 Å². The third-order valence-electron chi connectivity index (χ3n) is 1.98. The monoisotopic (exact) mass is 268 g/mol. The lowest BCUT2D eigenvalue weighted by Crippen LogP contribution is -2.15. The molecule has 0 fully saturated rings. The van der Waals surface area contributed by atoms with Crippen LogP contribution in [-0.4, -0.2) is 26.1 Å². The Balaban J connectivity index is 2.37. The Morgan fingerprint density at radius 1 is 1.11 bits per heavy atom. The third kappa shape index (κ3) is 5.92. The number of hydrogen-bond acceptors (Lipinski definition) is 3. The Morgan fingerprint density at radius 2 is 1.72 bits per heavy atom. The van der Waals surface area contributed by atoms with Crippen molar-refractivity contribution in [3.63, 3.8) is 0 Å². The smallest absolute Gasteiger partial charge is 0.222 e. The van der Waals surface area contributed by atoms with E-state index in [1.54, 1.807) is 24.3 Å². The van der Waals surface area contributed by atoms with Gasteiger partial charge in [-0.2, -0.15) is 0 Å². The van der Waals surface area contributed by atoms with E-state index in [1.807, 2.05) is 13.8 Å². The molecule has 0 saturated carbocycles. The summed E-state index contributed by atoms with van der Waals surface area (Å²) in [6.07, 6.45) is -0.478. The molecule has 0 spiro atoms. The highest BCUT2D eigenvalue weighted by Gasteiger charge is 2.01. The summed E-state index contributed by atoms with van der Waals surface area (Å²) in [5.41, 5.74) is 0. The van der Waals surface area contributed by atoms with E-state index in [9.17, 15) is 0 Å². The van der Waals surface area contributed by atoms with Gasteiger partial charge in [-0.1, -0.05) is 17.5 Å². The Morgan fingerprint density at radius 3 is 2.28 bits per heavy atom. The summed E-state index contributed by atoms with van der Waals surface area (Å²) in [6.45, 7) is 5.23. The highest BCUT2D eigenvalue weighted by molar-refractivity contribution is 6.30. The van der Waals surface area contributed by atoms with Crippen LogP contribution in [0.3, 0.4) is 0 Å². The molecule has 0 aliphatic rings. The number of halogens is 1. The molecule has 0 saturated heterocycles. The van der Waals surface area contributed by atoms with Gasteiger partial charge >= 0.3 is 0 Å². The zero-order valence-corrected chi connectivity index (χ0v) is 11.4. The van der Waals surface area contributed by atoms with E-state index in [4.69, 9.17) is 25.8 Å². The summed E-state index contributed by atoms with van der Waals surface area (Å²) in [4.78, 5) is 0. The lowest BCUT2D eigenvalue weighted by Gasteiger charge is -2.09. The second kappa shape index (κ2) is 8.82. The van der Waals surface area contributed by atoms with Crippen LogP contribution in [-0.2, 0) is 9.47 Å². The summed E-state index contributed by atoms with van der Waals surface area (Å²) in [7, 11) is 0. The molecule has 0 amide bonds. The molecule has 0 atom stereocenters. The lowest BCUT2D eigenvalue weighted by molar-refractivity contribution is -0.0970. The molecule has 1 rings (SSSR count). The van der Waals surface area contributed by atoms with Gasteiger partial charge in [0, 0.05) is 18.2 Å². The van der Waals surface area contributed by atoms with Gasteiger partial charge in [0.15, 0.2) is 0 Å². The first-order valence-electron chi connectivity index (χ1n) is 5.86. The van der Waals surface area contributed by atoms with Gasteiger partial charge in [0.1, 0.15) is 12.4 Å². The average molecular weight is 269 g/mol. The molecule has 4 heteroatoms. The van der Waals surface area contributed by atoms with Crippen LogP contribution in [0.15, 0.2) is 24.3 Å². The molecule has 3 nitrogen and oxygen atoms in total. The van der Waals surface area contributed by atoms with E-state index in [-0.39, 0.29) is 6.61 Å². The maximum atomic E-state index is 5.77. The molecule has 0 radical (unpaired) electrons. The quantitative estimate of drug-likeness (QED) is 0.586. The van der Waals surface area contributed by atoms with Crippen LogP contribution in [0, 0.1) is 11.8 Å². The van der Waals surface area contributed by atoms with Gasteiger partial charge in [-0.25, -0.2) is 0 Å². The summed E-state index contributed by atoms with van der Waals surface area (Å²) in [5, 5.41) is 0.682. The Kier molecular flexibility index (Phi) is 7.28. The van der Waals surface area contributed by atoms with Crippen LogP contribution in [0.5, 0.6) is 5.75 Å². The fourth-order valence-corrected chi connectivity index (χ4v) is 1.34. The SMILES string of the molecule is CCOC(C#CCOc1ccc(Cl)cc1)OCC. The van der Waals surface area contributed by atoms with Crippen molar-refractivity contribution in [2.45, 2.75) is 20.1 Å². The van der Waals surface area contributed by atoms with Crippen LogP contribution in [0.2, 0.25) is 5.02 Å². The molecule has 0 aliphatic heterocycles. The molecular weight excluding hydrogens is 252 g/mol. The van der Waals surface area contributed by atoms with Crippen LogP contribution in [0.25, 0.3) is 0 Å². The van der Waals surface area contributed by atoms with Gasteiger partial charge in [0.25, 0.3) is 0 Å². The van der Waals surface area contributed by atoms with E-state index in [0.717, 1.165) is 5.75 Å². The molecule has 98 valence electrons. The fraction of sp³-hybridized carbons (Fsp3) is 0.429. The van der Waals surface area contributed by atoms with Crippen LogP contribution >= 0.6 is 11.6 Å². The summed E-state index contributed by atoms with van der Waals surface area (Å²) >= 11 is 5.77. The minimum atomic E-state index is -0.478. The van der Waals surface area contributed by atoms with Gasteiger partial charge in [-0.05, 0) is 44.0 Å². The number of rotatable bonds is 6. The van der Waals surface area contributed by atoms with E-state index < -0.39 is 6.29 Å². The molecule has 1 aromatic carbocycles. The molecule has 0 bridgehead atoms. The second-order valence-corrected chi connectivity index (χ2v) is 3.74. The van der Waals surface area contributed by atoms with Crippen molar-refractivity contribution >= 4 is 11.6 Å². The summed E-state index contributed by atoms with van der Waals surface area (Å²) in [5.74, 6) is 6.46. The molecule has 0 heterocycles. The van der Waals surface area contributed by atoms with Crippen molar-refractivity contribution in [1.82, 2.24) is 0 Å². The summed E-state index contributed by atoms with van der Waals surface area (Å²) in [6, 6.07) is 7.14. The van der Waals surface area contributed by atoms with E-state index >= 15 is 0 Å². The second-order valence-electron chi connectivity index (χ2n) is 3.31. The molecule has 0 aliphatic carbocycles. The molecule has 0 N–H and O–H groups in total. The van der Waals surface area contributed by atoms with E-state index in [1.165, 1.54) is 0 Å². The first-order chi connectivity index (χ1) is 8.76. The molecule has 0 unspecified atom stereocenters. The first kappa shape index (κ1) is 14.8. The van der Waals surface area contributed by atoms with Crippen LogP contribution < -0.4 is 4.74 Å². The average Bonchev–Trinajstić information content (AvgIpc) is 2.37. The Bertz CT molecular complexity index is 386. The highest BCUT2D eigenvalue weighted by atomic mass is 35.5. The van der Waals surface area contributed by atoms with Gasteiger partial charge in [-0.15, -0.1) is 0 Å². The normalized spacial score (nSPS) is 10.0. The van der Waals surface area contributed by atoms with Gasteiger partial charge in [0.2, 0.25) is 6.29 Å². The minimum Gasteiger partial charge on any atom is -0.481 e. The topological polar surface area (TPSA) is 27.7 Å². The zero-order chi connectivity index (χ0) is 13.2. The first-order valence-corrected chi connectivity index (χ1v) is 6.24. The number of ether oxygens (including phenoxy) is 3. The van der Waals surface area contributed by atoms with Crippen molar-refractivity contribution in [2.75, 3.05) is 19.8 Å². The maximum Gasteiger partial charge on any atom is 0.222 e. The fourth-order valence-electron chi connectivity index (χ4n) is 1.21. The van der Waals surface area contributed by atoms with Crippen LogP contribution in [0.4, 0.5) is 0 Å². The lowest BCUT2D eigenvalue weighted by atomic mass is 10.3. The van der Waals surface area contributed by atoms with Crippen molar-refractivity contribution in [2.24, 2.45) is 0 Å². The highest BCUT2D eigenvalue weighted by Crippen LogP contribution is 2.15. The predicted octanol–water partition coefficient (Wildman–Crippen LogP) is 3.12. The molecular formula is C14H17ClO3. The summed E-state index contributed by atoms with van der Waals surface area (Å²) < 4.78 is 16.0. The largest absolute Gasteiger partial charge is 0.481 e. The van der Waals surface area contributed by atoms with E-state index in [0.29, 0.717) is 18.2 Å². The van der Waals surface area contributed by atoms with Crippen LogP contribution in [0.1, 0.15) is 13.8 Å². The van der Waals surface area contributed by atoms with Crippen molar-refractivity contribution in [3.05, 3.63) is 29.3 Å². The van der Waals surface area contributed by atoms with Gasteiger partial charge in [0.05, 0.1) is 0 Å². The van der Waals surface area contributed by atoms with Crippen molar-refractivity contribution in [3.8, 4) is 17.6 Å². The van der Waals surface area contributed by atoms with E-state index in [2.05, 4.69) is 11.8 Å². The third-order valence-corrected chi connectivity index (χ3v) is 2.23. The molecule has 1 aromatic rings. The minimum absolute atomic E-state index is 0.290. The van der Waals surface area contributed by atoms with Crippen molar-refractivity contribution < 1.29 is 14.2 Å².